The van der Waals surface area contributed by atoms with E-state index in [0.29, 0.717) is 84.4 Å². The highest BCUT2D eigenvalue weighted by Gasteiger charge is 2.20. The third-order valence-electron chi connectivity index (χ3n) is 8.78. The van der Waals surface area contributed by atoms with Crippen molar-refractivity contribution >= 4 is 34.2 Å². The molecule has 0 unspecified atom stereocenters. The highest BCUT2D eigenvalue weighted by Crippen LogP contribution is 2.43. The monoisotopic (exact) mass is 700 g/mol. The summed E-state index contributed by atoms with van der Waals surface area (Å²) in [5.41, 5.74) is 12.9. The van der Waals surface area contributed by atoms with Gasteiger partial charge in [0.1, 0.15) is 23.3 Å². The second kappa shape index (κ2) is 14.4. The normalized spacial score (nSPS) is 10.8. The molecule has 4 N–H and O–H groups in total. The van der Waals surface area contributed by atoms with Crippen LogP contribution in [0.2, 0.25) is 0 Å². The Kier molecular flexibility index (Phi) is 9.26. The molecule has 0 bridgehead atoms. The van der Waals surface area contributed by atoms with Crippen molar-refractivity contribution in [2.24, 2.45) is 0 Å². The number of anilines is 2. The van der Waals surface area contributed by atoms with Gasteiger partial charge >= 0.3 is 0 Å². The van der Waals surface area contributed by atoms with Crippen LogP contribution >= 0.6 is 0 Å². The van der Waals surface area contributed by atoms with Crippen molar-refractivity contribution in [1.82, 2.24) is 15.0 Å². The summed E-state index contributed by atoms with van der Waals surface area (Å²) in [6, 6.07) is 36.1. The number of ketones is 1. The van der Waals surface area contributed by atoms with Gasteiger partial charge in [-0.2, -0.15) is 5.26 Å². The maximum absolute atomic E-state index is 13.7. The van der Waals surface area contributed by atoms with Crippen LogP contribution in [0.15, 0.2) is 115 Å². The Hall–Kier alpha value is -7.45. The summed E-state index contributed by atoms with van der Waals surface area (Å²) in [6.07, 6.45) is 0. The zero-order chi connectivity index (χ0) is 37.1. The minimum atomic E-state index is -0.334. The van der Waals surface area contributed by atoms with Gasteiger partial charge in [-0.3, -0.25) is 9.59 Å². The largest absolute Gasteiger partial charge is 0.493 e. The molecule has 2 heterocycles. The molecular weight excluding hydrogens is 668 g/mol. The fourth-order valence-electron chi connectivity index (χ4n) is 6.14. The van der Waals surface area contributed by atoms with Gasteiger partial charge in [-0.15, -0.1) is 0 Å². The average molecular weight is 701 g/mol. The minimum absolute atomic E-state index is 0.0624. The molecule has 11 nitrogen and oxygen atoms in total. The van der Waals surface area contributed by atoms with Crippen molar-refractivity contribution < 1.29 is 23.8 Å². The van der Waals surface area contributed by atoms with Crippen molar-refractivity contribution in [3.8, 4) is 57.1 Å². The predicted octanol–water partition coefficient (Wildman–Crippen LogP) is 7.92. The molecule has 1 amide bonds. The number of methoxy groups -OCH3 is 3. The number of aromatic nitrogens is 3. The van der Waals surface area contributed by atoms with Crippen LogP contribution in [0.5, 0.6) is 17.2 Å². The lowest BCUT2D eigenvalue weighted by Crippen LogP contribution is -2.13. The lowest BCUT2D eigenvalue weighted by atomic mass is 9.97. The molecule has 7 rings (SSSR count). The Morgan fingerprint density at radius 2 is 1.43 bits per heavy atom. The van der Waals surface area contributed by atoms with E-state index in [0.717, 1.165) is 0 Å². The van der Waals surface area contributed by atoms with E-state index in [-0.39, 0.29) is 23.1 Å². The number of pyridine rings is 1. The number of amides is 1. The first kappa shape index (κ1) is 34.0. The molecule has 0 saturated heterocycles. The predicted molar refractivity (Wildman–Crippen MR) is 203 cm³/mol. The van der Waals surface area contributed by atoms with E-state index in [1.165, 1.54) is 21.3 Å². The highest BCUT2D eigenvalue weighted by atomic mass is 16.5. The van der Waals surface area contributed by atoms with Crippen LogP contribution in [-0.4, -0.2) is 48.0 Å². The molecule has 53 heavy (non-hydrogen) atoms. The van der Waals surface area contributed by atoms with E-state index < -0.39 is 0 Å². The Balaban J connectivity index is 1.14. The minimum Gasteiger partial charge on any atom is -0.493 e. The van der Waals surface area contributed by atoms with E-state index >= 15 is 0 Å². The summed E-state index contributed by atoms with van der Waals surface area (Å²) >= 11 is 0. The number of nitriles is 1. The SMILES string of the molecule is COc1cc(-c2cc(-c3ccc(NC(=O)c4ccccc4-c4nc5ccc(C(=O)c6ccccc6)cc5[nH]4)cc3)nc(N)c2C#N)cc(OC)c1OC. The van der Waals surface area contributed by atoms with E-state index in [9.17, 15) is 14.9 Å². The van der Waals surface area contributed by atoms with Gasteiger partial charge in [-0.1, -0.05) is 60.7 Å². The van der Waals surface area contributed by atoms with E-state index in [1.54, 1.807) is 72.8 Å². The van der Waals surface area contributed by atoms with Crippen LogP contribution in [-0.2, 0) is 0 Å². The molecule has 7 aromatic rings. The fourth-order valence-corrected chi connectivity index (χ4v) is 6.14. The molecule has 0 atom stereocenters. The van der Waals surface area contributed by atoms with Gasteiger partial charge in [0, 0.05) is 33.5 Å². The van der Waals surface area contributed by atoms with Gasteiger partial charge in [0.25, 0.3) is 5.91 Å². The number of rotatable bonds is 10. The Morgan fingerprint density at radius 3 is 2.11 bits per heavy atom. The van der Waals surface area contributed by atoms with Crippen LogP contribution in [0.4, 0.5) is 11.5 Å². The van der Waals surface area contributed by atoms with Crippen molar-refractivity contribution in [1.29, 1.82) is 5.26 Å². The number of nitrogens with two attached hydrogens (primary N) is 1. The number of aromatic amines is 1. The van der Waals surface area contributed by atoms with Gasteiger partial charge in [0.2, 0.25) is 5.75 Å². The lowest BCUT2D eigenvalue weighted by Gasteiger charge is -2.16. The number of fused-ring (bicyclic) bond motifs is 1. The zero-order valence-corrected chi connectivity index (χ0v) is 28.9. The first-order valence-corrected chi connectivity index (χ1v) is 16.4. The second-order valence-corrected chi connectivity index (χ2v) is 11.9. The van der Waals surface area contributed by atoms with E-state index in [4.69, 9.17) is 24.9 Å². The highest BCUT2D eigenvalue weighted by molar-refractivity contribution is 6.11. The molecule has 2 aromatic heterocycles. The molecule has 0 aliphatic heterocycles. The summed E-state index contributed by atoms with van der Waals surface area (Å²) in [5, 5.41) is 12.9. The first-order valence-electron chi connectivity index (χ1n) is 16.4. The summed E-state index contributed by atoms with van der Waals surface area (Å²) in [4.78, 5) is 39.2. The number of imidazole rings is 1. The molecule has 11 heteroatoms. The number of hydrogen-bond donors (Lipinski definition) is 3. The number of nitrogen functional groups attached to an aromatic ring is 1. The molecule has 0 fully saturated rings. The standard InChI is InChI=1S/C42H32N6O5/c1-51-36-20-27(21-37(52-2)39(36)53-3)31-22-34(46-40(44)32(31)23-43)24-13-16-28(17-14-24)45-42(50)30-12-8-7-11-29(30)41-47-33-18-15-26(19-35(33)48-41)38(49)25-9-5-4-6-10-25/h4-22H,1-3H3,(H2,44,46)(H,45,50)(H,47,48). The third kappa shape index (κ3) is 6.60. The quantitative estimate of drug-likeness (QED) is 0.120. The Bertz CT molecular complexity index is 2530. The third-order valence-corrected chi connectivity index (χ3v) is 8.78. The van der Waals surface area contributed by atoms with Crippen molar-refractivity contribution in [3.63, 3.8) is 0 Å². The molecule has 260 valence electrons. The van der Waals surface area contributed by atoms with Crippen LogP contribution in [0.25, 0.3) is 44.8 Å². The van der Waals surface area contributed by atoms with Crippen molar-refractivity contribution in [3.05, 3.63) is 138 Å². The number of nitrogens with one attached hydrogen (secondary N) is 2. The number of H-pyrrole nitrogens is 1. The second-order valence-electron chi connectivity index (χ2n) is 11.9. The summed E-state index contributed by atoms with van der Waals surface area (Å²) in [7, 11) is 4.55. The van der Waals surface area contributed by atoms with Gasteiger partial charge in [0.15, 0.2) is 17.3 Å². The number of carbonyl (C=O) groups excluding carboxylic acids is 2. The maximum Gasteiger partial charge on any atom is 0.256 e. The van der Waals surface area contributed by atoms with Gasteiger partial charge in [0.05, 0.1) is 43.6 Å². The van der Waals surface area contributed by atoms with Crippen LogP contribution in [0.1, 0.15) is 31.8 Å². The van der Waals surface area contributed by atoms with Gasteiger partial charge in [-0.05, 0) is 60.2 Å². The summed E-state index contributed by atoms with van der Waals surface area (Å²) < 4.78 is 16.5. The Morgan fingerprint density at radius 1 is 0.736 bits per heavy atom. The van der Waals surface area contributed by atoms with Gasteiger partial charge < -0.3 is 30.2 Å². The molecule has 0 saturated carbocycles. The maximum atomic E-state index is 13.7. The smallest absolute Gasteiger partial charge is 0.256 e. The van der Waals surface area contributed by atoms with Crippen molar-refractivity contribution in [2.45, 2.75) is 0 Å². The summed E-state index contributed by atoms with van der Waals surface area (Å²) in [6.45, 7) is 0. The first-order chi connectivity index (χ1) is 25.8. The lowest BCUT2D eigenvalue weighted by molar-refractivity contribution is 0.102. The Labute approximate surface area is 304 Å². The molecule has 0 aliphatic rings. The van der Waals surface area contributed by atoms with E-state index in [2.05, 4.69) is 21.4 Å². The van der Waals surface area contributed by atoms with Gasteiger partial charge in [-0.25, -0.2) is 9.97 Å². The number of nitrogens with zero attached hydrogens (tertiary/aromatic N) is 3. The fraction of sp³-hybridized carbons (Fsp3) is 0.0714. The van der Waals surface area contributed by atoms with Crippen molar-refractivity contribution in [2.75, 3.05) is 32.4 Å². The number of hydrogen-bond acceptors (Lipinski definition) is 9. The van der Waals surface area contributed by atoms with Crippen LogP contribution in [0.3, 0.4) is 0 Å². The molecular formula is C42H32N6O5. The topological polar surface area (TPSA) is 165 Å². The molecule has 0 radical (unpaired) electrons. The zero-order valence-electron chi connectivity index (χ0n) is 28.9. The van der Waals surface area contributed by atoms with Crippen LogP contribution < -0.4 is 25.3 Å². The van der Waals surface area contributed by atoms with E-state index in [1.807, 2.05) is 42.5 Å². The number of benzene rings is 5. The number of carbonyl (C=O) groups is 2. The average Bonchev–Trinajstić information content (AvgIpc) is 3.64. The molecule has 5 aromatic carbocycles. The van der Waals surface area contributed by atoms with Crippen LogP contribution in [0, 0.1) is 11.3 Å². The molecule has 0 aliphatic carbocycles. The molecule has 0 spiro atoms. The number of ether oxygens (including phenoxy) is 3. The summed E-state index contributed by atoms with van der Waals surface area (Å²) in [5.74, 6) is 1.41.